The van der Waals surface area contributed by atoms with Crippen molar-refractivity contribution in [1.29, 1.82) is 0 Å². The Balaban J connectivity index is 1.61. The Kier molecular flexibility index (Phi) is 5.78. The van der Waals surface area contributed by atoms with Crippen molar-refractivity contribution in [1.82, 2.24) is 19.8 Å². The summed E-state index contributed by atoms with van der Waals surface area (Å²) in [5.41, 5.74) is 0.756. The molecular weight excluding hydrogens is 328 g/mol. The molecule has 132 valence electrons. The number of carbonyl (C=O) groups is 2. The van der Waals surface area contributed by atoms with E-state index in [0.717, 1.165) is 42.9 Å². The molecule has 2 heterocycles. The van der Waals surface area contributed by atoms with Crippen LogP contribution in [0.2, 0.25) is 0 Å². The van der Waals surface area contributed by atoms with Gasteiger partial charge in [-0.25, -0.2) is 0 Å². The molecule has 0 aromatic carbocycles. The highest BCUT2D eigenvalue weighted by atomic mass is 32.1. The normalized spacial score (nSPS) is 21.9. The molecule has 24 heavy (non-hydrogen) atoms. The number of nitrogens with zero attached hydrogens (tertiary/aromatic N) is 3. The van der Waals surface area contributed by atoms with Crippen molar-refractivity contribution in [2.75, 3.05) is 19.7 Å². The lowest BCUT2D eigenvalue weighted by Crippen LogP contribution is -2.52. The van der Waals surface area contributed by atoms with E-state index in [1.807, 2.05) is 6.92 Å². The monoisotopic (exact) mass is 352 g/mol. The van der Waals surface area contributed by atoms with Gasteiger partial charge in [0.05, 0.1) is 18.8 Å². The van der Waals surface area contributed by atoms with E-state index in [9.17, 15) is 9.59 Å². The average Bonchev–Trinajstić information content (AvgIpc) is 3.26. The molecule has 3 rings (SSSR count). The minimum atomic E-state index is -0.584. The fourth-order valence-corrected chi connectivity index (χ4v) is 3.95. The SMILES string of the molecule is CCCc1nnsc1C(=O)N1CCO[C@H](C(=O)NC2CCCC2)C1. The lowest BCUT2D eigenvalue weighted by atomic mass is 10.2. The number of amides is 2. The molecule has 0 radical (unpaired) electrons. The molecule has 1 atom stereocenters. The molecule has 1 saturated carbocycles. The molecule has 1 aliphatic carbocycles. The van der Waals surface area contributed by atoms with Gasteiger partial charge in [0.1, 0.15) is 4.88 Å². The summed E-state index contributed by atoms with van der Waals surface area (Å²) in [5.74, 6) is -0.189. The van der Waals surface area contributed by atoms with Gasteiger partial charge in [0.25, 0.3) is 11.8 Å². The summed E-state index contributed by atoms with van der Waals surface area (Å²) in [6, 6.07) is 0.258. The molecule has 1 aromatic rings. The fraction of sp³-hybridized carbons (Fsp3) is 0.750. The van der Waals surface area contributed by atoms with Gasteiger partial charge in [-0.15, -0.1) is 5.10 Å². The second-order valence-electron chi connectivity index (χ2n) is 6.40. The Morgan fingerprint density at radius 1 is 1.38 bits per heavy atom. The van der Waals surface area contributed by atoms with Gasteiger partial charge in [-0.1, -0.05) is 30.7 Å². The van der Waals surface area contributed by atoms with Crippen LogP contribution in [0.5, 0.6) is 0 Å². The van der Waals surface area contributed by atoms with E-state index in [1.54, 1.807) is 4.90 Å². The van der Waals surface area contributed by atoms with Gasteiger partial charge >= 0.3 is 0 Å². The summed E-state index contributed by atoms with van der Waals surface area (Å²) in [4.78, 5) is 27.4. The standard InChI is InChI=1S/C16H24N4O3S/c1-2-5-12-14(24-19-18-12)16(22)20-8-9-23-13(10-20)15(21)17-11-6-3-4-7-11/h11,13H,2-10H2,1H3,(H,17,21)/t13-/m0/s1. The molecule has 8 heteroatoms. The molecular formula is C16H24N4O3S. The van der Waals surface area contributed by atoms with Gasteiger partial charge in [-0.3, -0.25) is 9.59 Å². The molecule has 0 spiro atoms. The van der Waals surface area contributed by atoms with Gasteiger partial charge < -0.3 is 15.0 Å². The van der Waals surface area contributed by atoms with E-state index in [0.29, 0.717) is 24.6 Å². The fourth-order valence-electron chi connectivity index (χ4n) is 3.27. The van der Waals surface area contributed by atoms with Crippen LogP contribution in [0.3, 0.4) is 0 Å². The highest BCUT2D eigenvalue weighted by molar-refractivity contribution is 7.08. The van der Waals surface area contributed by atoms with Crippen LogP contribution >= 0.6 is 11.5 Å². The van der Waals surface area contributed by atoms with Crippen LogP contribution < -0.4 is 5.32 Å². The predicted octanol–water partition coefficient (Wildman–Crippen LogP) is 1.39. The number of rotatable bonds is 5. The first-order chi connectivity index (χ1) is 11.7. The Morgan fingerprint density at radius 2 is 2.17 bits per heavy atom. The Bertz CT molecular complexity index is 586. The van der Waals surface area contributed by atoms with E-state index in [1.165, 1.54) is 12.8 Å². The Labute approximate surface area is 145 Å². The van der Waals surface area contributed by atoms with E-state index in [2.05, 4.69) is 14.9 Å². The molecule has 1 saturated heterocycles. The molecule has 0 unspecified atom stereocenters. The first kappa shape index (κ1) is 17.3. The van der Waals surface area contributed by atoms with Crippen LogP contribution in [0.4, 0.5) is 0 Å². The second kappa shape index (κ2) is 8.02. The maximum atomic E-state index is 12.7. The summed E-state index contributed by atoms with van der Waals surface area (Å²) >= 11 is 1.13. The topological polar surface area (TPSA) is 84.4 Å². The zero-order valence-electron chi connectivity index (χ0n) is 14.0. The minimum absolute atomic E-state index is 0.0876. The van der Waals surface area contributed by atoms with Crippen molar-refractivity contribution in [2.45, 2.75) is 57.6 Å². The summed E-state index contributed by atoms with van der Waals surface area (Å²) < 4.78 is 9.50. The first-order valence-corrected chi connectivity index (χ1v) is 9.49. The lowest BCUT2D eigenvalue weighted by molar-refractivity contribution is -0.137. The number of aromatic nitrogens is 2. The van der Waals surface area contributed by atoms with Gasteiger partial charge in [0.15, 0.2) is 6.10 Å². The molecule has 2 aliphatic rings. The highest BCUT2D eigenvalue weighted by Crippen LogP contribution is 2.20. The summed E-state index contributed by atoms with van der Waals surface area (Å²) in [6.07, 6.45) is 5.48. The van der Waals surface area contributed by atoms with E-state index < -0.39 is 6.10 Å². The summed E-state index contributed by atoms with van der Waals surface area (Å²) in [6.45, 7) is 3.21. The highest BCUT2D eigenvalue weighted by Gasteiger charge is 2.32. The number of carbonyl (C=O) groups excluding carboxylic acids is 2. The third kappa shape index (κ3) is 3.92. The number of morpholine rings is 1. The van der Waals surface area contributed by atoms with Crippen LogP contribution in [-0.2, 0) is 16.0 Å². The van der Waals surface area contributed by atoms with Crippen LogP contribution in [0.15, 0.2) is 0 Å². The van der Waals surface area contributed by atoms with Gasteiger partial charge in [0.2, 0.25) is 0 Å². The molecule has 0 bridgehead atoms. The van der Waals surface area contributed by atoms with Crippen molar-refractivity contribution in [3.63, 3.8) is 0 Å². The van der Waals surface area contributed by atoms with Crippen molar-refractivity contribution in [3.05, 3.63) is 10.6 Å². The number of aryl methyl sites for hydroxylation is 1. The maximum absolute atomic E-state index is 12.7. The molecule has 7 nitrogen and oxygen atoms in total. The predicted molar refractivity (Wildman–Crippen MR) is 89.9 cm³/mol. The molecule has 1 aliphatic heterocycles. The van der Waals surface area contributed by atoms with Crippen LogP contribution in [0, 0.1) is 0 Å². The van der Waals surface area contributed by atoms with Gasteiger partial charge in [-0.2, -0.15) is 0 Å². The summed E-state index contributed by atoms with van der Waals surface area (Å²) in [5, 5.41) is 7.11. The van der Waals surface area contributed by atoms with Crippen LogP contribution in [-0.4, -0.2) is 58.1 Å². The van der Waals surface area contributed by atoms with E-state index in [-0.39, 0.29) is 17.9 Å². The van der Waals surface area contributed by atoms with E-state index >= 15 is 0 Å². The smallest absolute Gasteiger partial charge is 0.267 e. The number of nitrogens with one attached hydrogen (secondary N) is 1. The first-order valence-electron chi connectivity index (χ1n) is 8.71. The Hall–Kier alpha value is -1.54. The second-order valence-corrected chi connectivity index (χ2v) is 7.15. The van der Waals surface area contributed by atoms with Crippen molar-refractivity contribution < 1.29 is 14.3 Å². The van der Waals surface area contributed by atoms with Crippen LogP contribution in [0.25, 0.3) is 0 Å². The minimum Gasteiger partial charge on any atom is -0.365 e. The number of hydrogen-bond acceptors (Lipinski definition) is 6. The maximum Gasteiger partial charge on any atom is 0.267 e. The third-order valence-electron chi connectivity index (χ3n) is 4.58. The molecule has 2 amide bonds. The number of ether oxygens (including phenoxy) is 1. The van der Waals surface area contributed by atoms with Crippen molar-refractivity contribution in [2.24, 2.45) is 0 Å². The quantitative estimate of drug-likeness (QED) is 0.866. The average molecular weight is 352 g/mol. The van der Waals surface area contributed by atoms with Crippen molar-refractivity contribution in [3.8, 4) is 0 Å². The molecule has 2 fully saturated rings. The largest absolute Gasteiger partial charge is 0.365 e. The van der Waals surface area contributed by atoms with Gasteiger partial charge in [-0.05, 0) is 30.8 Å². The lowest BCUT2D eigenvalue weighted by Gasteiger charge is -2.32. The third-order valence-corrected chi connectivity index (χ3v) is 5.34. The number of hydrogen-bond donors (Lipinski definition) is 1. The van der Waals surface area contributed by atoms with E-state index in [4.69, 9.17) is 4.74 Å². The Morgan fingerprint density at radius 3 is 2.92 bits per heavy atom. The van der Waals surface area contributed by atoms with Gasteiger partial charge in [0, 0.05) is 12.6 Å². The molecule has 1 N–H and O–H groups in total. The summed E-state index contributed by atoms with van der Waals surface area (Å²) in [7, 11) is 0. The zero-order chi connectivity index (χ0) is 16.9. The molecule has 1 aromatic heterocycles. The zero-order valence-corrected chi connectivity index (χ0v) is 14.8. The van der Waals surface area contributed by atoms with Crippen LogP contribution in [0.1, 0.15) is 54.4 Å². The van der Waals surface area contributed by atoms with Crippen molar-refractivity contribution >= 4 is 23.3 Å².